The van der Waals surface area contributed by atoms with Crippen LogP contribution >= 0.6 is 0 Å². The quantitative estimate of drug-likeness (QED) is 0.259. The molecule has 1 aliphatic carbocycles. The first kappa shape index (κ1) is 27.8. The molecule has 1 aromatic carbocycles. The van der Waals surface area contributed by atoms with Crippen molar-refractivity contribution in [3.05, 3.63) is 54.0 Å². The van der Waals surface area contributed by atoms with Crippen LogP contribution in [-0.4, -0.2) is 43.8 Å². The van der Waals surface area contributed by atoms with Crippen molar-refractivity contribution < 1.29 is 8.85 Å². The summed E-state index contributed by atoms with van der Waals surface area (Å²) in [7, 11) is -3.89. The van der Waals surface area contributed by atoms with E-state index in [-0.39, 0.29) is 22.3 Å². The molecule has 1 aromatic rings. The Kier molecular flexibility index (Phi) is 9.09. The van der Waals surface area contributed by atoms with Gasteiger partial charge in [-0.1, -0.05) is 0 Å². The van der Waals surface area contributed by atoms with E-state index in [1.54, 1.807) is 0 Å². The summed E-state index contributed by atoms with van der Waals surface area (Å²) in [4.78, 5) is 2.39. The normalized spacial score (nSPS) is 25.4. The van der Waals surface area contributed by atoms with Crippen molar-refractivity contribution >= 4 is 36.1 Å². The van der Waals surface area contributed by atoms with Crippen molar-refractivity contribution in [2.45, 2.75) is 96.4 Å². The van der Waals surface area contributed by atoms with Crippen LogP contribution in [0, 0.1) is 11.8 Å². The minimum atomic E-state index is -1.95. The van der Waals surface area contributed by atoms with Crippen molar-refractivity contribution in [3.63, 3.8) is 0 Å². The monoisotopic (exact) mass is 538 g/mol. The number of hydrogen-bond donors (Lipinski definition) is 0. The molecule has 180 valence electrons. The molecule has 32 heavy (non-hydrogen) atoms. The summed E-state index contributed by atoms with van der Waals surface area (Å²) < 4.78 is 15.6. The third-order valence-electron chi connectivity index (χ3n) is 7.76. The van der Waals surface area contributed by atoms with Crippen molar-refractivity contribution in [3.8, 4) is 0 Å². The van der Waals surface area contributed by atoms with Crippen LogP contribution in [0.1, 0.15) is 48.0 Å². The predicted molar refractivity (Wildman–Crippen MR) is 147 cm³/mol. The van der Waals surface area contributed by atoms with Gasteiger partial charge in [0.15, 0.2) is 0 Å². The van der Waals surface area contributed by atoms with E-state index in [1.807, 2.05) is 0 Å². The van der Waals surface area contributed by atoms with Crippen LogP contribution in [0.4, 0.5) is 0 Å². The fraction of sp³-hybridized carbons (Fsp3) is 0.630. The van der Waals surface area contributed by atoms with Gasteiger partial charge in [-0.05, 0) is 0 Å². The van der Waals surface area contributed by atoms with Gasteiger partial charge in [0.1, 0.15) is 0 Å². The van der Waals surface area contributed by atoms with Crippen molar-refractivity contribution in [1.29, 1.82) is 0 Å². The topological polar surface area (TPSA) is 18.5 Å². The van der Waals surface area contributed by atoms with Crippen LogP contribution in [0.25, 0.3) is 0 Å². The molecule has 0 bridgehead atoms. The van der Waals surface area contributed by atoms with E-state index in [0.29, 0.717) is 26.8 Å². The third kappa shape index (κ3) is 6.80. The Balaban J connectivity index is 2.35. The molecular weight excluding hydrogens is 491 g/mol. The Morgan fingerprint density at radius 1 is 0.844 bits per heavy atom. The summed E-state index contributed by atoms with van der Waals surface area (Å²) in [5.41, 5.74) is 0. The average molecular weight is 538 g/mol. The summed E-state index contributed by atoms with van der Waals surface area (Å²) in [6.45, 7) is 27.6. The van der Waals surface area contributed by atoms with Gasteiger partial charge >= 0.3 is 207 Å². The standard InChI is InChI=1S/C27H46O2SeSi2/c1-12-21-20-22(18-19-30-23-16-14-13-15-17-23)25(29-32(10,11)27(5,6)7)24(21)28-31(8,9)26(2,3)4/h12-19,21-22,24-25H,1,20H2,2-11H3/b19-18+. The second kappa shape index (κ2) is 10.5. The van der Waals surface area contributed by atoms with Crippen molar-refractivity contribution in [2.75, 3.05) is 0 Å². The van der Waals surface area contributed by atoms with Gasteiger partial charge in [-0.3, -0.25) is 0 Å². The van der Waals surface area contributed by atoms with Crippen LogP contribution in [0.2, 0.25) is 36.3 Å². The molecule has 1 saturated carbocycles. The fourth-order valence-corrected chi connectivity index (χ4v) is 7.81. The Morgan fingerprint density at radius 3 is 1.75 bits per heavy atom. The molecule has 0 N–H and O–H groups in total. The molecule has 4 unspecified atom stereocenters. The van der Waals surface area contributed by atoms with E-state index in [1.165, 1.54) is 4.46 Å². The van der Waals surface area contributed by atoms with Gasteiger partial charge in [0, 0.05) is 0 Å². The Hall–Kier alpha value is -0.427. The van der Waals surface area contributed by atoms with Gasteiger partial charge < -0.3 is 0 Å². The van der Waals surface area contributed by atoms with Crippen molar-refractivity contribution in [1.82, 2.24) is 0 Å². The summed E-state index contributed by atoms with van der Waals surface area (Å²) >= 11 is 0.338. The summed E-state index contributed by atoms with van der Waals surface area (Å²) in [5.74, 6) is 0.699. The fourth-order valence-electron chi connectivity index (χ4n) is 3.55. The number of rotatable bonds is 8. The molecule has 5 heteroatoms. The molecule has 1 aliphatic rings. The SMILES string of the molecule is C=CC1CC(/C=C/[Se]c2ccccc2)C(O[Si](C)(C)C(C)(C)C)C1O[Si](C)(C)C(C)(C)C. The average Bonchev–Trinajstić information content (AvgIpc) is 2.96. The van der Waals surface area contributed by atoms with Crippen LogP contribution in [0.5, 0.6) is 0 Å². The summed E-state index contributed by atoms with van der Waals surface area (Å²) in [6.07, 6.45) is 5.78. The first-order chi connectivity index (χ1) is 14.6. The second-order valence-corrected chi connectivity index (χ2v) is 23.8. The molecule has 0 aromatic heterocycles. The molecule has 0 amide bonds. The third-order valence-corrected chi connectivity index (χ3v) is 18.5. The summed E-state index contributed by atoms with van der Waals surface area (Å²) in [6, 6.07) is 10.8. The van der Waals surface area contributed by atoms with Crippen LogP contribution in [0.3, 0.4) is 0 Å². The molecule has 0 heterocycles. The van der Waals surface area contributed by atoms with Gasteiger partial charge in [-0.25, -0.2) is 0 Å². The molecular formula is C27H46O2SeSi2. The van der Waals surface area contributed by atoms with Gasteiger partial charge in [0.2, 0.25) is 0 Å². The molecule has 2 nitrogen and oxygen atoms in total. The summed E-state index contributed by atoms with van der Waals surface area (Å²) in [5, 5.41) is 0.341. The van der Waals surface area contributed by atoms with Crippen molar-refractivity contribution in [2.24, 2.45) is 11.8 Å². The van der Waals surface area contributed by atoms with E-state index in [2.05, 4.69) is 122 Å². The van der Waals surface area contributed by atoms with Crippen LogP contribution in [-0.2, 0) is 8.85 Å². The van der Waals surface area contributed by atoms with E-state index in [4.69, 9.17) is 8.85 Å². The van der Waals surface area contributed by atoms with E-state index in [9.17, 15) is 0 Å². The maximum atomic E-state index is 7.13. The van der Waals surface area contributed by atoms with E-state index >= 15 is 0 Å². The van der Waals surface area contributed by atoms with Gasteiger partial charge in [-0.2, -0.15) is 0 Å². The molecule has 4 atom stereocenters. The zero-order valence-corrected chi connectivity index (χ0v) is 25.8. The van der Waals surface area contributed by atoms with Crippen LogP contribution < -0.4 is 4.46 Å². The predicted octanol–water partition coefficient (Wildman–Crippen LogP) is 7.13. The Bertz CT molecular complexity index is 775. The molecule has 0 aliphatic heterocycles. The van der Waals surface area contributed by atoms with Crippen LogP contribution in [0.15, 0.2) is 54.0 Å². The molecule has 1 fully saturated rings. The minimum absolute atomic E-state index is 0.0846. The van der Waals surface area contributed by atoms with Gasteiger partial charge in [-0.15, -0.1) is 0 Å². The van der Waals surface area contributed by atoms with Gasteiger partial charge in [0.25, 0.3) is 0 Å². The van der Waals surface area contributed by atoms with Gasteiger partial charge in [0.05, 0.1) is 0 Å². The maximum absolute atomic E-state index is 7.13. The first-order valence-corrected chi connectivity index (χ1v) is 19.6. The van der Waals surface area contributed by atoms with E-state index in [0.717, 1.165) is 6.42 Å². The molecule has 0 saturated heterocycles. The Morgan fingerprint density at radius 2 is 1.31 bits per heavy atom. The Labute approximate surface area is 206 Å². The second-order valence-electron chi connectivity index (χ2n) is 12.2. The molecule has 2 rings (SSSR count). The first-order valence-electron chi connectivity index (χ1n) is 12.0. The number of hydrogen-bond acceptors (Lipinski definition) is 2. The molecule has 0 radical (unpaired) electrons. The van der Waals surface area contributed by atoms with E-state index < -0.39 is 16.6 Å². The molecule has 0 spiro atoms. The zero-order valence-electron chi connectivity index (χ0n) is 22.1. The zero-order chi connectivity index (χ0) is 24.4. The number of benzene rings is 1.